The third kappa shape index (κ3) is 5.18. The average Bonchev–Trinajstić information content (AvgIpc) is 3.12. The van der Waals surface area contributed by atoms with E-state index in [0.717, 1.165) is 23.3 Å². The number of hydrogen-bond acceptors (Lipinski definition) is 4. The molecule has 4 rings (SSSR count). The summed E-state index contributed by atoms with van der Waals surface area (Å²) in [6, 6.07) is 16.9. The lowest BCUT2D eigenvalue weighted by molar-refractivity contribution is 0.0760. The van der Waals surface area contributed by atoms with E-state index in [4.69, 9.17) is 0 Å². The van der Waals surface area contributed by atoms with Crippen molar-refractivity contribution in [3.8, 4) is 0 Å². The summed E-state index contributed by atoms with van der Waals surface area (Å²) in [6.07, 6.45) is 0.444. The van der Waals surface area contributed by atoms with Crippen molar-refractivity contribution in [2.45, 2.75) is 25.2 Å². The molecule has 6 nitrogen and oxygen atoms in total. The number of benzene rings is 3. The first kappa shape index (κ1) is 24.8. The third-order valence-electron chi connectivity index (χ3n) is 6.36. The number of halogens is 1. The first-order chi connectivity index (χ1) is 16.7. The molecule has 0 radical (unpaired) electrons. The van der Waals surface area contributed by atoms with Gasteiger partial charge < -0.3 is 4.90 Å². The zero-order valence-electron chi connectivity index (χ0n) is 19.7. The van der Waals surface area contributed by atoms with Gasteiger partial charge in [-0.05, 0) is 67.8 Å². The van der Waals surface area contributed by atoms with Crippen LogP contribution >= 0.6 is 0 Å². The van der Waals surface area contributed by atoms with Crippen molar-refractivity contribution < 1.29 is 22.4 Å². The number of sulfonamides is 1. The predicted molar refractivity (Wildman–Crippen MR) is 131 cm³/mol. The van der Waals surface area contributed by atoms with Crippen molar-refractivity contribution in [1.29, 1.82) is 0 Å². The van der Waals surface area contributed by atoms with Gasteiger partial charge in [0.15, 0.2) is 5.78 Å². The molecule has 0 saturated carbocycles. The highest BCUT2D eigenvalue weighted by molar-refractivity contribution is 7.89. The summed E-state index contributed by atoms with van der Waals surface area (Å²) >= 11 is 0. The summed E-state index contributed by atoms with van der Waals surface area (Å²) in [5, 5.41) is 0. The summed E-state index contributed by atoms with van der Waals surface area (Å²) in [7, 11) is -3.81. The van der Waals surface area contributed by atoms with Crippen molar-refractivity contribution in [1.82, 2.24) is 9.21 Å². The lowest BCUT2D eigenvalue weighted by Gasteiger charge is -2.23. The van der Waals surface area contributed by atoms with E-state index in [1.807, 2.05) is 26.0 Å². The average molecular weight is 495 g/mol. The molecule has 1 amide bonds. The Morgan fingerprint density at radius 2 is 1.49 bits per heavy atom. The Morgan fingerprint density at radius 3 is 2.17 bits per heavy atom. The van der Waals surface area contributed by atoms with Crippen molar-refractivity contribution in [2.24, 2.45) is 0 Å². The second-order valence-corrected chi connectivity index (χ2v) is 10.6. The van der Waals surface area contributed by atoms with Crippen molar-refractivity contribution >= 4 is 21.7 Å². The number of amides is 1. The molecule has 0 unspecified atom stereocenters. The Bertz CT molecular complexity index is 1370. The second-order valence-electron chi connectivity index (χ2n) is 8.68. The lowest BCUT2D eigenvalue weighted by atomic mass is 9.95. The van der Waals surface area contributed by atoms with Crippen LogP contribution in [-0.4, -0.2) is 55.5 Å². The summed E-state index contributed by atoms with van der Waals surface area (Å²) < 4.78 is 40.6. The normalized spacial score (nSPS) is 15.0. The number of ketones is 1. The Morgan fingerprint density at radius 1 is 0.800 bits per heavy atom. The van der Waals surface area contributed by atoms with Gasteiger partial charge in [0.05, 0.1) is 10.5 Å². The van der Waals surface area contributed by atoms with Gasteiger partial charge in [-0.1, -0.05) is 30.3 Å². The minimum Gasteiger partial charge on any atom is -0.337 e. The first-order valence-corrected chi connectivity index (χ1v) is 12.9. The maximum atomic E-state index is 13.5. The molecule has 0 aromatic heterocycles. The van der Waals surface area contributed by atoms with E-state index in [9.17, 15) is 22.4 Å². The highest BCUT2D eigenvalue weighted by atomic mass is 32.2. The molecule has 182 valence electrons. The minimum atomic E-state index is -3.81. The molecule has 0 N–H and O–H groups in total. The highest BCUT2D eigenvalue weighted by Crippen LogP contribution is 2.22. The monoisotopic (exact) mass is 494 g/mol. The highest BCUT2D eigenvalue weighted by Gasteiger charge is 2.30. The maximum absolute atomic E-state index is 13.5. The van der Waals surface area contributed by atoms with Crippen LogP contribution in [-0.2, 0) is 10.0 Å². The summed E-state index contributed by atoms with van der Waals surface area (Å²) in [5.74, 6) is -1.04. The van der Waals surface area contributed by atoms with Crippen LogP contribution in [0.2, 0.25) is 0 Å². The zero-order chi connectivity index (χ0) is 25.2. The van der Waals surface area contributed by atoms with Crippen molar-refractivity contribution in [2.75, 3.05) is 26.2 Å². The molecular weight excluding hydrogens is 467 g/mol. The molecule has 0 aliphatic carbocycles. The molecule has 1 aliphatic heterocycles. The summed E-state index contributed by atoms with van der Waals surface area (Å²) in [4.78, 5) is 28.3. The van der Waals surface area contributed by atoms with Gasteiger partial charge >= 0.3 is 0 Å². The number of nitrogens with zero attached hydrogens (tertiary/aromatic N) is 2. The number of carbonyl (C=O) groups excluding carboxylic acids is 2. The van der Waals surface area contributed by atoms with Crippen LogP contribution in [0, 0.1) is 19.7 Å². The number of carbonyl (C=O) groups is 2. The molecule has 35 heavy (non-hydrogen) atoms. The van der Waals surface area contributed by atoms with Crippen LogP contribution < -0.4 is 0 Å². The van der Waals surface area contributed by atoms with Gasteiger partial charge in [-0.25, -0.2) is 12.8 Å². The van der Waals surface area contributed by atoms with Crippen LogP contribution in [0.5, 0.6) is 0 Å². The molecule has 0 spiro atoms. The number of rotatable bonds is 5. The SMILES string of the molecule is Cc1ccc(C(=O)c2ccccc2C(=O)N2CCCN(S(=O)(=O)c3ccc(F)cc3)CC2)cc1C. The van der Waals surface area contributed by atoms with Gasteiger partial charge in [0.1, 0.15) is 5.82 Å². The standard InChI is InChI=1S/C27H27FN2O4S/c1-19-8-9-21(18-20(19)2)26(31)24-6-3-4-7-25(24)27(32)29-14-5-15-30(17-16-29)35(33,34)23-12-10-22(28)11-13-23/h3-4,6-13,18H,5,14-17H2,1-2H3. The quantitative estimate of drug-likeness (QED) is 0.498. The van der Waals surface area contributed by atoms with Crippen molar-refractivity contribution in [3.63, 3.8) is 0 Å². The van der Waals surface area contributed by atoms with E-state index in [-0.39, 0.29) is 36.2 Å². The fraction of sp³-hybridized carbons (Fsp3) is 0.259. The van der Waals surface area contributed by atoms with Crippen LogP contribution in [0.3, 0.4) is 0 Å². The fourth-order valence-corrected chi connectivity index (χ4v) is 5.64. The Balaban J connectivity index is 1.54. The Kier molecular flexibility index (Phi) is 7.14. The van der Waals surface area contributed by atoms with Gasteiger partial charge in [0.2, 0.25) is 10.0 Å². The Hall–Kier alpha value is -3.36. The molecule has 3 aromatic rings. The summed E-state index contributed by atoms with van der Waals surface area (Å²) in [5.41, 5.74) is 3.21. The van der Waals surface area contributed by atoms with Gasteiger partial charge in [-0.15, -0.1) is 0 Å². The van der Waals surface area contributed by atoms with E-state index >= 15 is 0 Å². The second kappa shape index (κ2) is 10.1. The van der Waals surface area contributed by atoms with E-state index in [0.29, 0.717) is 29.7 Å². The third-order valence-corrected chi connectivity index (χ3v) is 8.28. The van der Waals surface area contributed by atoms with E-state index < -0.39 is 15.8 Å². The molecule has 1 saturated heterocycles. The molecule has 0 atom stereocenters. The van der Waals surface area contributed by atoms with Crippen LogP contribution in [0.1, 0.15) is 43.8 Å². The van der Waals surface area contributed by atoms with Crippen molar-refractivity contribution in [3.05, 3.63) is 100 Å². The molecule has 1 heterocycles. The Labute approximate surface area is 205 Å². The van der Waals surface area contributed by atoms with Crippen LogP contribution in [0.4, 0.5) is 4.39 Å². The topological polar surface area (TPSA) is 74.8 Å². The van der Waals surface area contributed by atoms with Gasteiger partial charge in [-0.2, -0.15) is 4.31 Å². The first-order valence-electron chi connectivity index (χ1n) is 11.4. The number of aryl methyl sites for hydroxylation is 2. The van der Waals surface area contributed by atoms with Crippen LogP contribution in [0.25, 0.3) is 0 Å². The number of hydrogen-bond donors (Lipinski definition) is 0. The largest absolute Gasteiger partial charge is 0.337 e. The van der Waals surface area contributed by atoms with E-state index in [2.05, 4.69) is 0 Å². The molecule has 3 aromatic carbocycles. The molecule has 0 bridgehead atoms. The molecule has 1 fully saturated rings. The van der Waals surface area contributed by atoms with Crippen LogP contribution in [0.15, 0.2) is 71.6 Å². The molecular formula is C27H27FN2O4S. The van der Waals surface area contributed by atoms with E-state index in [1.165, 1.54) is 16.4 Å². The van der Waals surface area contributed by atoms with Gasteiger partial charge in [0, 0.05) is 37.3 Å². The molecule has 1 aliphatic rings. The summed E-state index contributed by atoms with van der Waals surface area (Å²) in [6.45, 7) is 4.81. The predicted octanol–water partition coefficient (Wildman–Crippen LogP) is 4.21. The van der Waals surface area contributed by atoms with E-state index in [1.54, 1.807) is 35.2 Å². The fourth-order valence-electron chi connectivity index (χ4n) is 4.17. The van der Waals surface area contributed by atoms with Gasteiger partial charge in [0.25, 0.3) is 5.91 Å². The maximum Gasteiger partial charge on any atom is 0.254 e. The minimum absolute atomic E-state index is 0.0167. The smallest absolute Gasteiger partial charge is 0.254 e. The molecule has 8 heteroatoms. The zero-order valence-corrected chi connectivity index (χ0v) is 20.5. The lowest BCUT2D eigenvalue weighted by Crippen LogP contribution is -2.37. The van der Waals surface area contributed by atoms with Gasteiger partial charge in [-0.3, -0.25) is 9.59 Å².